The molecular formula is C13H19N5O2S. The summed E-state index contributed by atoms with van der Waals surface area (Å²) in [6.07, 6.45) is 1.72. The van der Waals surface area contributed by atoms with Crippen LogP contribution in [0.4, 0.5) is 11.6 Å². The third-order valence-corrected chi connectivity index (χ3v) is 4.81. The molecule has 1 saturated heterocycles. The zero-order valence-electron chi connectivity index (χ0n) is 12.4. The Kier molecular flexibility index (Phi) is 3.58. The Balaban J connectivity index is 2.07. The third kappa shape index (κ3) is 2.38. The lowest BCUT2D eigenvalue weighted by atomic mass is 10.00. The number of rotatable bonds is 3. The van der Waals surface area contributed by atoms with E-state index in [4.69, 9.17) is 0 Å². The minimum Gasteiger partial charge on any atom is -0.358 e. The molecule has 0 spiro atoms. The Morgan fingerprint density at radius 2 is 2.24 bits per heavy atom. The first kappa shape index (κ1) is 14.3. The van der Waals surface area contributed by atoms with E-state index < -0.39 is 0 Å². The summed E-state index contributed by atoms with van der Waals surface area (Å²) in [6.45, 7) is 6.87. The molecule has 7 nitrogen and oxygen atoms in total. The molecule has 0 N–H and O–H groups in total. The number of likely N-dealkylation sites (N-methyl/N-ethyl adjacent to an activating group) is 1. The molecule has 0 radical (unpaired) electrons. The van der Waals surface area contributed by atoms with Gasteiger partial charge in [0.15, 0.2) is 0 Å². The van der Waals surface area contributed by atoms with Gasteiger partial charge in [0.2, 0.25) is 5.82 Å². The number of nitro groups is 1. The molecule has 8 heteroatoms. The summed E-state index contributed by atoms with van der Waals surface area (Å²) in [5, 5.41) is 13.3. The zero-order valence-corrected chi connectivity index (χ0v) is 13.2. The smallest absolute Gasteiger partial charge is 0.358 e. The minimum atomic E-state index is -0.322. The molecule has 114 valence electrons. The summed E-state index contributed by atoms with van der Waals surface area (Å²) in [5.74, 6) is 1.01. The summed E-state index contributed by atoms with van der Waals surface area (Å²) in [4.78, 5) is 20.8. The number of hydrogen-bond acceptors (Lipinski definition) is 6. The van der Waals surface area contributed by atoms with Gasteiger partial charge >= 0.3 is 5.82 Å². The van der Waals surface area contributed by atoms with E-state index in [9.17, 15) is 10.1 Å². The third-order valence-electron chi connectivity index (χ3n) is 4.06. The molecule has 0 bridgehead atoms. The predicted molar refractivity (Wildman–Crippen MR) is 83.2 cm³/mol. The quantitative estimate of drug-likeness (QED) is 0.641. The first-order valence-corrected chi connectivity index (χ1v) is 7.92. The SMILES string of the molecule is CC(C)C1CN(C)CCN1c1nc2sccn2c1[N+](=O)[O-]. The van der Waals surface area contributed by atoms with Crippen LogP contribution in [-0.2, 0) is 0 Å². The van der Waals surface area contributed by atoms with Gasteiger partial charge in [0.05, 0.1) is 0 Å². The van der Waals surface area contributed by atoms with E-state index in [0.717, 1.165) is 19.6 Å². The lowest BCUT2D eigenvalue weighted by Gasteiger charge is -2.42. The highest BCUT2D eigenvalue weighted by Gasteiger charge is 2.35. The highest BCUT2D eigenvalue weighted by molar-refractivity contribution is 7.15. The first-order valence-electron chi connectivity index (χ1n) is 7.04. The molecule has 0 saturated carbocycles. The number of anilines is 1. The van der Waals surface area contributed by atoms with Crippen LogP contribution in [-0.4, -0.2) is 51.9 Å². The summed E-state index contributed by atoms with van der Waals surface area (Å²) in [5.41, 5.74) is 0. The highest BCUT2D eigenvalue weighted by atomic mass is 32.1. The van der Waals surface area contributed by atoms with Crippen molar-refractivity contribution in [1.29, 1.82) is 0 Å². The van der Waals surface area contributed by atoms with Crippen LogP contribution in [0, 0.1) is 16.0 Å². The van der Waals surface area contributed by atoms with Crippen molar-refractivity contribution in [1.82, 2.24) is 14.3 Å². The minimum absolute atomic E-state index is 0.0847. The van der Waals surface area contributed by atoms with Crippen LogP contribution >= 0.6 is 11.3 Å². The monoisotopic (exact) mass is 309 g/mol. The van der Waals surface area contributed by atoms with Gasteiger partial charge < -0.3 is 19.9 Å². The van der Waals surface area contributed by atoms with Crippen LogP contribution < -0.4 is 4.90 Å². The molecule has 1 fully saturated rings. The number of hydrogen-bond donors (Lipinski definition) is 0. The molecule has 0 amide bonds. The highest BCUT2D eigenvalue weighted by Crippen LogP contribution is 2.34. The van der Waals surface area contributed by atoms with Crippen LogP contribution in [0.2, 0.25) is 0 Å². The molecule has 2 aromatic heterocycles. The van der Waals surface area contributed by atoms with E-state index in [0.29, 0.717) is 16.7 Å². The Bertz CT molecular complexity index is 665. The van der Waals surface area contributed by atoms with Gasteiger partial charge in [-0.1, -0.05) is 25.2 Å². The molecule has 1 atom stereocenters. The van der Waals surface area contributed by atoms with Gasteiger partial charge in [-0.15, -0.1) is 0 Å². The van der Waals surface area contributed by atoms with Crippen molar-refractivity contribution in [2.45, 2.75) is 19.9 Å². The Morgan fingerprint density at radius 1 is 1.48 bits per heavy atom. The summed E-state index contributed by atoms with van der Waals surface area (Å²) in [7, 11) is 2.09. The molecule has 0 aromatic carbocycles. The second-order valence-corrected chi connectivity index (χ2v) is 6.71. The summed E-state index contributed by atoms with van der Waals surface area (Å²) >= 11 is 1.42. The number of aromatic nitrogens is 2. The van der Waals surface area contributed by atoms with Crippen molar-refractivity contribution in [3.05, 3.63) is 21.7 Å². The van der Waals surface area contributed by atoms with Crippen LogP contribution in [0.1, 0.15) is 13.8 Å². The molecule has 1 aliphatic heterocycles. The molecule has 2 aromatic rings. The van der Waals surface area contributed by atoms with Gasteiger partial charge in [0, 0.05) is 31.1 Å². The fraction of sp³-hybridized carbons (Fsp3) is 0.615. The molecule has 3 heterocycles. The van der Waals surface area contributed by atoms with E-state index in [1.54, 1.807) is 10.6 Å². The van der Waals surface area contributed by atoms with Crippen molar-refractivity contribution >= 4 is 27.9 Å². The zero-order chi connectivity index (χ0) is 15.1. The fourth-order valence-electron chi connectivity index (χ4n) is 2.91. The number of fused-ring (bicyclic) bond motifs is 1. The van der Waals surface area contributed by atoms with E-state index in [1.165, 1.54) is 11.3 Å². The van der Waals surface area contributed by atoms with Crippen LogP contribution in [0.15, 0.2) is 11.6 Å². The predicted octanol–water partition coefficient (Wildman–Crippen LogP) is 2.08. The van der Waals surface area contributed by atoms with Crippen molar-refractivity contribution in [2.75, 3.05) is 31.6 Å². The standard InChI is InChI=1S/C13H19N5O2S/c1-9(2)10-8-15(3)4-5-16(10)11-12(18(19)20)17-6-7-21-13(17)14-11/h6-7,9-10H,4-5,8H2,1-3H3. The number of piperazine rings is 1. The van der Waals surface area contributed by atoms with Crippen LogP contribution in [0.3, 0.4) is 0 Å². The van der Waals surface area contributed by atoms with Gasteiger partial charge in [-0.05, 0) is 17.9 Å². The van der Waals surface area contributed by atoms with Crippen LogP contribution in [0.25, 0.3) is 4.96 Å². The van der Waals surface area contributed by atoms with Gasteiger partial charge in [-0.3, -0.25) is 0 Å². The van der Waals surface area contributed by atoms with E-state index in [2.05, 4.69) is 35.7 Å². The number of thiazole rings is 1. The maximum Gasteiger partial charge on any atom is 0.373 e. The molecule has 1 unspecified atom stereocenters. The van der Waals surface area contributed by atoms with Gasteiger partial charge in [0.25, 0.3) is 4.96 Å². The summed E-state index contributed by atoms with van der Waals surface area (Å²) in [6, 6.07) is 0.243. The van der Waals surface area contributed by atoms with Crippen molar-refractivity contribution in [3.8, 4) is 0 Å². The van der Waals surface area contributed by atoms with Gasteiger partial charge in [-0.25, -0.2) is 0 Å². The molecular weight excluding hydrogens is 290 g/mol. The second kappa shape index (κ2) is 5.27. The van der Waals surface area contributed by atoms with Crippen molar-refractivity contribution in [3.63, 3.8) is 0 Å². The van der Waals surface area contributed by atoms with Crippen LogP contribution in [0.5, 0.6) is 0 Å². The molecule has 3 rings (SSSR count). The van der Waals surface area contributed by atoms with E-state index in [-0.39, 0.29) is 16.8 Å². The first-order chi connectivity index (χ1) is 9.99. The number of imidazole rings is 1. The number of nitrogens with zero attached hydrogens (tertiary/aromatic N) is 5. The average molecular weight is 309 g/mol. The maximum absolute atomic E-state index is 11.5. The van der Waals surface area contributed by atoms with Crippen molar-refractivity contribution < 1.29 is 4.92 Å². The Morgan fingerprint density at radius 3 is 2.90 bits per heavy atom. The lowest BCUT2D eigenvalue weighted by molar-refractivity contribution is -0.389. The Labute approximate surface area is 126 Å². The van der Waals surface area contributed by atoms with E-state index in [1.807, 2.05) is 5.38 Å². The van der Waals surface area contributed by atoms with Crippen molar-refractivity contribution in [2.24, 2.45) is 5.92 Å². The topological polar surface area (TPSA) is 66.9 Å². The maximum atomic E-state index is 11.5. The Hall–Kier alpha value is -1.67. The molecule has 0 aliphatic carbocycles. The fourth-order valence-corrected chi connectivity index (χ4v) is 3.62. The normalized spacial score (nSPS) is 20.6. The summed E-state index contributed by atoms with van der Waals surface area (Å²) < 4.78 is 1.58. The van der Waals surface area contributed by atoms with E-state index >= 15 is 0 Å². The lowest BCUT2D eigenvalue weighted by Crippen LogP contribution is -2.54. The molecule has 21 heavy (non-hydrogen) atoms. The average Bonchev–Trinajstić information content (AvgIpc) is 2.97. The molecule has 1 aliphatic rings. The van der Waals surface area contributed by atoms with Gasteiger partial charge in [-0.2, -0.15) is 9.38 Å². The van der Waals surface area contributed by atoms with Gasteiger partial charge in [0.1, 0.15) is 6.20 Å². The second-order valence-electron chi connectivity index (χ2n) is 5.84. The largest absolute Gasteiger partial charge is 0.373 e.